The highest BCUT2D eigenvalue weighted by atomic mass is 32.2. The Hall–Kier alpha value is -1.46. The van der Waals surface area contributed by atoms with E-state index in [4.69, 9.17) is 4.74 Å². The van der Waals surface area contributed by atoms with Gasteiger partial charge in [-0.25, -0.2) is 0 Å². The van der Waals surface area contributed by atoms with Crippen molar-refractivity contribution in [3.05, 3.63) is 28.8 Å². The van der Waals surface area contributed by atoms with Crippen LogP contribution in [0.25, 0.3) is 0 Å². The van der Waals surface area contributed by atoms with Crippen molar-refractivity contribution in [1.29, 1.82) is 0 Å². The molecular formula is C20H24F6N2O2S. The van der Waals surface area contributed by atoms with E-state index >= 15 is 0 Å². The minimum atomic E-state index is -5.12. The standard InChI is InChI=1S/C20H24F6N2O2S/c1-31-16-9-11(19(21,22)23)8-13(20(24,25)26)17(16)18(29)28-15-10-30-7-6-14(15)27-12-4-2-3-5-12/h8-9,12,14-15,27H,2-7,10H2,1H3,(H,28,29)/t14-,15+/m1/s1. The van der Waals surface area contributed by atoms with E-state index in [1.807, 2.05) is 0 Å². The highest BCUT2D eigenvalue weighted by Crippen LogP contribution is 2.41. The molecule has 2 N–H and O–H groups in total. The van der Waals surface area contributed by atoms with Crippen LogP contribution in [-0.2, 0) is 17.1 Å². The summed E-state index contributed by atoms with van der Waals surface area (Å²) in [6.45, 7) is 0.577. The Morgan fingerprint density at radius 3 is 2.29 bits per heavy atom. The molecule has 4 nitrogen and oxygen atoms in total. The first-order valence-electron chi connectivity index (χ1n) is 10.0. The lowest BCUT2D eigenvalue weighted by atomic mass is 9.99. The largest absolute Gasteiger partial charge is 0.417 e. The number of rotatable bonds is 5. The normalized spacial score (nSPS) is 23.2. The van der Waals surface area contributed by atoms with Gasteiger partial charge in [0.15, 0.2) is 0 Å². The third-order valence-corrected chi connectivity index (χ3v) is 6.42. The van der Waals surface area contributed by atoms with Gasteiger partial charge in [0.05, 0.1) is 29.3 Å². The Kier molecular flexibility index (Phi) is 7.47. The number of carbonyl (C=O) groups excluding carboxylic acids is 1. The number of halogens is 6. The zero-order chi connectivity index (χ0) is 22.8. The van der Waals surface area contributed by atoms with Gasteiger partial charge in [-0.2, -0.15) is 26.3 Å². The van der Waals surface area contributed by atoms with Crippen LogP contribution >= 0.6 is 11.8 Å². The number of nitrogens with one attached hydrogen (secondary N) is 2. The molecule has 1 aliphatic heterocycles. The molecule has 0 radical (unpaired) electrons. The quantitative estimate of drug-likeness (QED) is 0.477. The van der Waals surface area contributed by atoms with E-state index in [0.717, 1.165) is 25.7 Å². The van der Waals surface area contributed by atoms with Gasteiger partial charge in [0.25, 0.3) is 5.91 Å². The van der Waals surface area contributed by atoms with Crippen molar-refractivity contribution in [2.24, 2.45) is 0 Å². The topological polar surface area (TPSA) is 50.4 Å². The van der Waals surface area contributed by atoms with Crippen LogP contribution in [0.5, 0.6) is 0 Å². The van der Waals surface area contributed by atoms with E-state index in [2.05, 4.69) is 10.6 Å². The zero-order valence-electron chi connectivity index (χ0n) is 16.8. The second kappa shape index (κ2) is 9.58. The molecule has 1 saturated heterocycles. The van der Waals surface area contributed by atoms with Crippen LogP contribution in [-0.4, -0.2) is 43.5 Å². The van der Waals surface area contributed by atoms with E-state index in [9.17, 15) is 31.1 Å². The van der Waals surface area contributed by atoms with Crippen molar-refractivity contribution in [2.75, 3.05) is 19.5 Å². The molecule has 1 heterocycles. The molecule has 1 aliphatic carbocycles. The summed E-state index contributed by atoms with van der Waals surface area (Å²) in [4.78, 5) is 12.5. The van der Waals surface area contributed by atoms with Gasteiger partial charge in [-0.15, -0.1) is 11.8 Å². The Morgan fingerprint density at radius 2 is 1.71 bits per heavy atom. The second-order valence-electron chi connectivity index (χ2n) is 7.79. The van der Waals surface area contributed by atoms with E-state index in [0.29, 0.717) is 30.9 Å². The van der Waals surface area contributed by atoms with Gasteiger partial charge in [-0.05, 0) is 37.7 Å². The molecule has 2 aliphatic rings. The smallest absolute Gasteiger partial charge is 0.379 e. The molecule has 2 fully saturated rings. The summed E-state index contributed by atoms with van der Waals surface area (Å²) in [5.74, 6) is -1.06. The molecule has 1 amide bonds. The second-order valence-corrected chi connectivity index (χ2v) is 8.64. The van der Waals surface area contributed by atoms with Crippen molar-refractivity contribution < 1.29 is 35.9 Å². The number of amides is 1. The Balaban J connectivity index is 1.90. The van der Waals surface area contributed by atoms with Gasteiger partial charge in [0.2, 0.25) is 0 Å². The van der Waals surface area contributed by atoms with Crippen LogP contribution in [0.2, 0.25) is 0 Å². The Morgan fingerprint density at radius 1 is 1.03 bits per heavy atom. The molecule has 174 valence electrons. The fourth-order valence-electron chi connectivity index (χ4n) is 4.11. The van der Waals surface area contributed by atoms with Crippen LogP contribution in [0.15, 0.2) is 17.0 Å². The summed E-state index contributed by atoms with van der Waals surface area (Å²) >= 11 is 0.666. The maximum atomic E-state index is 13.6. The zero-order valence-corrected chi connectivity index (χ0v) is 17.6. The maximum Gasteiger partial charge on any atom is 0.417 e. The van der Waals surface area contributed by atoms with Gasteiger partial charge < -0.3 is 15.4 Å². The van der Waals surface area contributed by atoms with Crippen molar-refractivity contribution in [3.8, 4) is 0 Å². The number of alkyl halides is 6. The monoisotopic (exact) mass is 470 g/mol. The molecule has 1 saturated carbocycles. The number of ether oxygens (including phenoxy) is 1. The molecule has 11 heteroatoms. The summed E-state index contributed by atoms with van der Waals surface area (Å²) in [7, 11) is 0. The summed E-state index contributed by atoms with van der Waals surface area (Å²) in [5, 5.41) is 6.04. The maximum absolute atomic E-state index is 13.6. The lowest BCUT2D eigenvalue weighted by molar-refractivity contribution is -0.143. The van der Waals surface area contributed by atoms with E-state index in [1.165, 1.54) is 6.26 Å². The van der Waals surface area contributed by atoms with Crippen molar-refractivity contribution in [2.45, 2.75) is 67.5 Å². The summed E-state index contributed by atoms with van der Waals surface area (Å²) in [6.07, 6.45) is -4.00. The fraction of sp³-hybridized carbons (Fsp3) is 0.650. The predicted octanol–water partition coefficient (Wildman–Crippen LogP) is 4.87. The molecule has 1 aromatic carbocycles. The van der Waals surface area contributed by atoms with Gasteiger partial charge in [-0.1, -0.05) is 12.8 Å². The van der Waals surface area contributed by atoms with Crippen molar-refractivity contribution >= 4 is 17.7 Å². The molecule has 3 rings (SSSR count). The van der Waals surface area contributed by atoms with Gasteiger partial charge in [0, 0.05) is 23.6 Å². The fourth-order valence-corrected chi connectivity index (χ4v) is 4.76. The molecular weight excluding hydrogens is 446 g/mol. The number of hydrogen-bond donors (Lipinski definition) is 2. The summed E-state index contributed by atoms with van der Waals surface area (Å²) in [6, 6.07) is 0.101. The van der Waals surface area contributed by atoms with Crippen LogP contribution in [0.1, 0.15) is 53.6 Å². The molecule has 0 aromatic heterocycles. The third kappa shape index (κ3) is 5.87. The Bertz CT molecular complexity index is 793. The van der Waals surface area contributed by atoms with Gasteiger partial charge in [-0.3, -0.25) is 4.79 Å². The van der Waals surface area contributed by atoms with E-state index in [-0.39, 0.29) is 29.7 Å². The van der Waals surface area contributed by atoms with Crippen molar-refractivity contribution in [3.63, 3.8) is 0 Å². The van der Waals surface area contributed by atoms with Gasteiger partial charge in [0.1, 0.15) is 0 Å². The van der Waals surface area contributed by atoms with E-state index < -0.39 is 41.0 Å². The van der Waals surface area contributed by atoms with E-state index in [1.54, 1.807) is 0 Å². The average Bonchev–Trinajstić information content (AvgIpc) is 3.20. The van der Waals surface area contributed by atoms with Crippen LogP contribution < -0.4 is 10.6 Å². The number of carbonyl (C=O) groups is 1. The molecule has 31 heavy (non-hydrogen) atoms. The first kappa shape index (κ1) is 24.2. The molecule has 0 unspecified atom stereocenters. The highest BCUT2D eigenvalue weighted by molar-refractivity contribution is 7.98. The average molecular weight is 470 g/mol. The summed E-state index contributed by atoms with van der Waals surface area (Å²) < 4.78 is 85.6. The van der Waals surface area contributed by atoms with Crippen LogP contribution in [0, 0.1) is 0 Å². The first-order valence-corrected chi connectivity index (χ1v) is 11.2. The summed E-state index contributed by atoms with van der Waals surface area (Å²) in [5.41, 5.74) is -3.83. The van der Waals surface area contributed by atoms with Crippen LogP contribution in [0.4, 0.5) is 26.3 Å². The molecule has 1 aromatic rings. The van der Waals surface area contributed by atoms with Gasteiger partial charge >= 0.3 is 12.4 Å². The van der Waals surface area contributed by atoms with Crippen LogP contribution in [0.3, 0.4) is 0 Å². The first-order chi connectivity index (χ1) is 14.5. The number of benzene rings is 1. The highest BCUT2D eigenvalue weighted by Gasteiger charge is 2.42. The molecule has 0 bridgehead atoms. The SMILES string of the molecule is CSc1cc(C(F)(F)F)cc(C(F)(F)F)c1C(=O)N[C@H]1COCC[C@H]1NC1CCCC1. The van der Waals surface area contributed by atoms with Crippen molar-refractivity contribution in [1.82, 2.24) is 10.6 Å². The number of hydrogen-bond acceptors (Lipinski definition) is 4. The lowest BCUT2D eigenvalue weighted by Crippen LogP contribution is -2.57. The minimum Gasteiger partial charge on any atom is -0.379 e. The lowest BCUT2D eigenvalue weighted by Gasteiger charge is -2.35. The Labute approximate surface area is 180 Å². The molecule has 2 atom stereocenters. The predicted molar refractivity (Wildman–Crippen MR) is 104 cm³/mol. The molecule has 0 spiro atoms. The minimum absolute atomic E-state index is 0.000262. The third-order valence-electron chi connectivity index (χ3n) is 5.66. The number of thioether (sulfide) groups is 1.